The van der Waals surface area contributed by atoms with Crippen molar-refractivity contribution in [2.75, 3.05) is 0 Å². The Balaban J connectivity index is 1.54. The zero-order valence-electron chi connectivity index (χ0n) is 14.1. The minimum absolute atomic E-state index is 0.00183. The van der Waals surface area contributed by atoms with Gasteiger partial charge in [0.2, 0.25) is 5.91 Å². The normalized spacial score (nSPS) is 21.6. The van der Waals surface area contributed by atoms with Gasteiger partial charge in [-0.2, -0.15) is 0 Å². The molecule has 0 unspecified atom stereocenters. The largest absolute Gasteiger partial charge is 0.361 e. The summed E-state index contributed by atoms with van der Waals surface area (Å²) in [5.74, 6) is 0.130. The van der Waals surface area contributed by atoms with E-state index in [-0.39, 0.29) is 11.3 Å². The van der Waals surface area contributed by atoms with Crippen molar-refractivity contribution in [3.63, 3.8) is 0 Å². The van der Waals surface area contributed by atoms with Gasteiger partial charge in [-0.25, -0.2) is 0 Å². The zero-order valence-corrected chi connectivity index (χ0v) is 14.1. The first kappa shape index (κ1) is 15.0. The third kappa shape index (κ3) is 2.23. The number of hydrogen-bond acceptors (Lipinski definition) is 1. The lowest BCUT2D eigenvalue weighted by molar-refractivity contribution is -0.124. The van der Waals surface area contributed by atoms with Gasteiger partial charge in [0, 0.05) is 18.3 Å². The predicted octanol–water partition coefficient (Wildman–Crippen LogP) is 4.15. The summed E-state index contributed by atoms with van der Waals surface area (Å²) in [4.78, 5) is 16.2. The number of carbonyl (C=O) groups excluding carboxylic acids is 1. The van der Waals surface area contributed by atoms with E-state index in [0.29, 0.717) is 6.54 Å². The van der Waals surface area contributed by atoms with Crippen molar-refractivity contribution in [1.29, 1.82) is 0 Å². The summed E-state index contributed by atoms with van der Waals surface area (Å²) >= 11 is 0. The molecule has 0 saturated heterocycles. The van der Waals surface area contributed by atoms with E-state index in [2.05, 4.69) is 60.5 Å². The molecule has 1 aliphatic rings. The van der Waals surface area contributed by atoms with Crippen molar-refractivity contribution in [1.82, 2.24) is 10.3 Å². The van der Waals surface area contributed by atoms with E-state index in [0.717, 1.165) is 23.1 Å². The lowest BCUT2D eigenvalue weighted by atomic mass is 9.87. The maximum Gasteiger partial charge on any atom is 0.231 e. The molecule has 1 aliphatic carbocycles. The van der Waals surface area contributed by atoms with E-state index in [1.807, 2.05) is 24.4 Å². The highest BCUT2D eigenvalue weighted by Gasteiger charge is 2.66. The van der Waals surface area contributed by atoms with Gasteiger partial charge in [-0.3, -0.25) is 4.79 Å². The minimum Gasteiger partial charge on any atom is -0.361 e. The molecule has 2 aromatic carbocycles. The van der Waals surface area contributed by atoms with Crippen LogP contribution in [-0.2, 0) is 16.8 Å². The van der Waals surface area contributed by atoms with Crippen LogP contribution >= 0.6 is 0 Å². The van der Waals surface area contributed by atoms with Crippen LogP contribution in [0.5, 0.6) is 0 Å². The summed E-state index contributed by atoms with van der Waals surface area (Å²) in [5.41, 5.74) is 2.94. The fourth-order valence-corrected chi connectivity index (χ4v) is 3.89. The van der Waals surface area contributed by atoms with E-state index in [1.54, 1.807) is 0 Å². The number of H-pyrrole nitrogens is 1. The molecule has 3 nitrogen and oxygen atoms in total. The Morgan fingerprint density at radius 1 is 1.12 bits per heavy atom. The Morgan fingerprint density at radius 3 is 2.58 bits per heavy atom. The van der Waals surface area contributed by atoms with E-state index in [4.69, 9.17) is 0 Å². The van der Waals surface area contributed by atoms with Gasteiger partial charge >= 0.3 is 0 Å². The lowest BCUT2D eigenvalue weighted by Crippen LogP contribution is -2.37. The van der Waals surface area contributed by atoms with Crippen molar-refractivity contribution in [3.8, 4) is 0 Å². The van der Waals surface area contributed by atoms with Crippen LogP contribution < -0.4 is 5.32 Å². The van der Waals surface area contributed by atoms with Crippen LogP contribution in [0, 0.1) is 5.41 Å². The van der Waals surface area contributed by atoms with Crippen LogP contribution in [0.1, 0.15) is 31.4 Å². The molecule has 1 aromatic heterocycles. The molecule has 3 aromatic rings. The summed E-state index contributed by atoms with van der Waals surface area (Å²) in [5, 5.41) is 4.35. The van der Waals surface area contributed by atoms with Crippen LogP contribution in [0.15, 0.2) is 60.8 Å². The zero-order chi connectivity index (χ0) is 16.8. The number of hydrogen-bond donors (Lipinski definition) is 2. The average Bonchev–Trinajstić information content (AvgIpc) is 2.94. The van der Waals surface area contributed by atoms with Crippen LogP contribution in [0.2, 0.25) is 0 Å². The highest BCUT2D eigenvalue weighted by atomic mass is 16.2. The Bertz CT molecular complexity index is 894. The summed E-state index contributed by atoms with van der Waals surface area (Å²) in [7, 11) is 0. The van der Waals surface area contributed by atoms with Gasteiger partial charge in [-0.15, -0.1) is 0 Å². The van der Waals surface area contributed by atoms with Gasteiger partial charge in [0.25, 0.3) is 0 Å². The number of aromatic amines is 1. The summed E-state index contributed by atoms with van der Waals surface area (Å²) in [6, 6.07) is 18.5. The second-order valence-electron chi connectivity index (χ2n) is 7.41. The van der Waals surface area contributed by atoms with Crippen molar-refractivity contribution >= 4 is 16.8 Å². The number of fused-ring (bicyclic) bond motifs is 1. The van der Waals surface area contributed by atoms with Crippen LogP contribution in [0.25, 0.3) is 10.9 Å². The third-order valence-electron chi connectivity index (χ3n) is 5.46. The molecular formula is C21H22N2O. The van der Waals surface area contributed by atoms with Gasteiger partial charge in [0.05, 0.1) is 5.41 Å². The molecule has 1 heterocycles. The predicted molar refractivity (Wildman–Crippen MR) is 96.7 cm³/mol. The standard InChI is InChI=1S/C21H22N2O/c1-20(2)14-21(20,17-6-4-3-5-7-17)19(24)23-13-15-8-9-16-10-11-22-18(16)12-15/h3-12,22H,13-14H2,1-2H3,(H,23,24)/t21-/m1/s1. The topological polar surface area (TPSA) is 44.9 Å². The maximum atomic E-state index is 13.0. The summed E-state index contributed by atoms with van der Waals surface area (Å²) < 4.78 is 0. The number of benzene rings is 2. The van der Waals surface area contributed by atoms with Gasteiger partial charge in [-0.05, 0) is 40.5 Å². The molecule has 1 amide bonds. The molecule has 1 saturated carbocycles. The summed E-state index contributed by atoms with van der Waals surface area (Å²) in [6.45, 7) is 4.90. The molecule has 1 atom stereocenters. The Hall–Kier alpha value is -2.55. The molecule has 2 N–H and O–H groups in total. The minimum atomic E-state index is -0.398. The van der Waals surface area contributed by atoms with Gasteiger partial charge in [0.1, 0.15) is 0 Å². The highest BCUT2D eigenvalue weighted by Crippen LogP contribution is 2.64. The lowest BCUT2D eigenvalue weighted by Gasteiger charge is -2.20. The van der Waals surface area contributed by atoms with Gasteiger partial charge < -0.3 is 10.3 Å². The van der Waals surface area contributed by atoms with Crippen LogP contribution in [-0.4, -0.2) is 10.9 Å². The second kappa shape index (κ2) is 5.23. The van der Waals surface area contributed by atoms with E-state index in [1.165, 1.54) is 5.39 Å². The molecule has 24 heavy (non-hydrogen) atoms. The van der Waals surface area contributed by atoms with E-state index < -0.39 is 5.41 Å². The SMILES string of the molecule is CC1(C)C[C@]1(C(=O)NCc1ccc2cc[nH]c2c1)c1ccccc1. The average molecular weight is 318 g/mol. The molecule has 0 radical (unpaired) electrons. The molecule has 3 heteroatoms. The van der Waals surface area contributed by atoms with Crippen molar-refractivity contribution < 1.29 is 4.79 Å². The Morgan fingerprint density at radius 2 is 1.88 bits per heavy atom. The molecule has 1 fully saturated rings. The maximum absolute atomic E-state index is 13.0. The number of aromatic nitrogens is 1. The number of nitrogens with one attached hydrogen (secondary N) is 2. The quantitative estimate of drug-likeness (QED) is 0.745. The van der Waals surface area contributed by atoms with Crippen LogP contribution in [0.4, 0.5) is 0 Å². The van der Waals surface area contributed by atoms with Crippen molar-refractivity contribution in [2.24, 2.45) is 5.41 Å². The molecular weight excluding hydrogens is 296 g/mol. The van der Waals surface area contributed by atoms with Gasteiger partial charge in [0.15, 0.2) is 0 Å². The Labute approximate surface area is 142 Å². The molecule has 4 rings (SSSR count). The first-order valence-corrected chi connectivity index (χ1v) is 8.43. The Kier molecular flexibility index (Phi) is 3.27. The first-order valence-electron chi connectivity index (χ1n) is 8.43. The number of amides is 1. The second-order valence-corrected chi connectivity index (χ2v) is 7.41. The highest BCUT2D eigenvalue weighted by molar-refractivity contribution is 5.93. The molecule has 122 valence electrons. The van der Waals surface area contributed by atoms with Crippen LogP contribution in [0.3, 0.4) is 0 Å². The molecule has 0 aliphatic heterocycles. The van der Waals surface area contributed by atoms with Crippen molar-refractivity contribution in [3.05, 3.63) is 71.9 Å². The van der Waals surface area contributed by atoms with E-state index in [9.17, 15) is 4.79 Å². The fraction of sp³-hybridized carbons (Fsp3) is 0.286. The first-order chi connectivity index (χ1) is 11.5. The summed E-state index contributed by atoms with van der Waals surface area (Å²) in [6.07, 6.45) is 2.83. The molecule has 0 spiro atoms. The molecule has 0 bridgehead atoms. The number of rotatable bonds is 4. The van der Waals surface area contributed by atoms with Crippen molar-refractivity contribution in [2.45, 2.75) is 32.2 Å². The van der Waals surface area contributed by atoms with Gasteiger partial charge in [-0.1, -0.05) is 56.3 Å². The monoisotopic (exact) mass is 318 g/mol. The number of carbonyl (C=O) groups is 1. The van der Waals surface area contributed by atoms with E-state index >= 15 is 0 Å². The smallest absolute Gasteiger partial charge is 0.231 e. The third-order valence-corrected chi connectivity index (χ3v) is 5.46. The fourth-order valence-electron chi connectivity index (χ4n) is 3.89.